The monoisotopic (exact) mass is 437 g/mol. The van der Waals surface area contributed by atoms with Crippen LogP contribution in [0.1, 0.15) is 39.2 Å². The van der Waals surface area contributed by atoms with Crippen LogP contribution in [0.2, 0.25) is 0 Å². The molecule has 170 valence electrons. The third-order valence-corrected chi connectivity index (χ3v) is 5.47. The van der Waals surface area contributed by atoms with Gasteiger partial charge in [0.15, 0.2) is 0 Å². The summed E-state index contributed by atoms with van der Waals surface area (Å²) in [5, 5.41) is 4.58. The summed E-state index contributed by atoms with van der Waals surface area (Å²) in [7, 11) is 1.66. The maximum atomic E-state index is 13.2. The third kappa shape index (κ3) is 6.19. The second-order valence-corrected chi connectivity index (χ2v) is 8.48. The molecule has 1 aromatic heterocycles. The van der Waals surface area contributed by atoms with Crippen LogP contribution in [0.4, 0.5) is 10.1 Å². The van der Waals surface area contributed by atoms with E-state index in [1.54, 1.807) is 25.4 Å². The lowest BCUT2D eigenvalue weighted by Crippen LogP contribution is -2.35. The van der Waals surface area contributed by atoms with Gasteiger partial charge in [0.1, 0.15) is 11.6 Å². The maximum absolute atomic E-state index is 13.2. The Balaban J connectivity index is 1.62. The molecule has 0 radical (unpaired) electrons. The average Bonchev–Trinajstić information content (AvgIpc) is 2.79. The predicted octanol–water partition coefficient (Wildman–Crippen LogP) is 5.65. The van der Waals surface area contributed by atoms with E-state index in [0.29, 0.717) is 13.1 Å². The van der Waals surface area contributed by atoms with Crippen LogP contribution in [0.25, 0.3) is 10.9 Å². The molecular formula is C26H32FN3O2. The topological polar surface area (TPSA) is 54.5 Å². The van der Waals surface area contributed by atoms with Crippen LogP contribution in [0.15, 0.2) is 54.7 Å². The first-order chi connectivity index (χ1) is 15.4. The lowest BCUT2D eigenvalue weighted by molar-refractivity contribution is -0.135. The van der Waals surface area contributed by atoms with Gasteiger partial charge >= 0.3 is 0 Å². The molecule has 1 atom stereocenters. The minimum atomic E-state index is -0.269. The summed E-state index contributed by atoms with van der Waals surface area (Å²) in [5.74, 6) is 0.543. The van der Waals surface area contributed by atoms with Crippen molar-refractivity contribution >= 4 is 22.5 Å². The highest BCUT2D eigenvalue weighted by molar-refractivity contribution is 5.91. The van der Waals surface area contributed by atoms with Crippen molar-refractivity contribution in [2.45, 2.75) is 46.2 Å². The standard InChI is InChI=1S/C26H32FN3O2/c1-18(2)26(31)30(17-20-9-11-22(27)12-10-20)14-6-7-19(3)29-24-16-23(32-4)15-21-8-5-13-28-25(21)24/h5,8-13,15-16,18-19,29H,6-7,14,17H2,1-4H3. The van der Waals surface area contributed by atoms with Gasteiger partial charge in [0.25, 0.3) is 0 Å². The number of hydrogen-bond acceptors (Lipinski definition) is 4. The highest BCUT2D eigenvalue weighted by Gasteiger charge is 2.18. The Labute approximate surface area is 189 Å². The van der Waals surface area contributed by atoms with Crippen molar-refractivity contribution in [2.75, 3.05) is 19.0 Å². The molecule has 3 rings (SSSR count). The molecule has 1 unspecified atom stereocenters. The first kappa shape index (κ1) is 23.5. The van der Waals surface area contributed by atoms with Crippen molar-refractivity contribution in [3.63, 3.8) is 0 Å². The lowest BCUT2D eigenvalue weighted by Gasteiger charge is -2.26. The number of carbonyl (C=O) groups is 1. The first-order valence-corrected chi connectivity index (χ1v) is 11.1. The summed E-state index contributed by atoms with van der Waals surface area (Å²) >= 11 is 0. The normalized spacial score (nSPS) is 12.1. The van der Waals surface area contributed by atoms with Crippen LogP contribution in [0.5, 0.6) is 5.75 Å². The number of anilines is 1. The number of hydrogen-bond donors (Lipinski definition) is 1. The van der Waals surface area contributed by atoms with Crippen molar-refractivity contribution in [3.05, 3.63) is 66.1 Å². The second-order valence-electron chi connectivity index (χ2n) is 8.48. The van der Waals surface area contributed by atoms with E-state index in [1.807, 2.05) is 43.0 Å². The zero-order chi connectivity index (χ0) is 23.1. The molecule has 0 spiro atoms. The molecule has 0 bridgehead atoms. The lowest BCUT2D eigenvalue weighted by atomic mass is 10.1. The highest BCUT2D eigenvalue weighted by Crippen LogP contribution is 2.28. The largest absolute Gasteiger partial charge is 0.497 e. The van der Waals surface area contributed by atoms with Crippen LogP contribution in [-0.4, -0.2) is 35.5 Å². The van der Waals surface area contributed by atoms with Gasteiger partial charge in [0, 0.05) is 42.7 Å². The van der Waals surface area contributed by atoms with Crippen molar-refractivity contribution in [2.24, 2.45) is 5.92 Å². The molecule has 0 aliphatic heterocycles. The zero-order valence-corrected chi connectivity index (χ0v) is 19.3. The number of ether oxygens (including phenoxy) is 1. The molecule has 6 heteroatoms. The van der Waals surface area contributed by atoms with Crippen molar-refractivity contribution in [1.29, 1.82) is 0 Å². The SMILES string of the molecule is COc1cc(NC(C)CCCN(Cc2ccc(F)cc2)C(=O)C(C)C)c2ncccc2c1. The predicted molar refractivity (Wildman–Crippen MR) is 127 cm³/mol. The summed E-state index contributed by atoms with van der Waals surface area (Å²) in [6.45, 7) is 7.08. The number of fused-ring (bicyclic) bond motifs is 1. The fraction of sp³-hybridized carbons (Fsp3) is 0.385. The minimum absolute atomic E-state index is 0.0831. The third-order valence-electron chi connectivity index (χ3n) is 5.47. The molecule has 0 fully saturated rings. The van der Waals surface area contributed by atoms with E-state index in [2.05, 4.69) is 17.2 Å². The molecule has 2 aromatic carbocycles. The van der Waals surface area contributed by atoms with Gasteiger partial charge in [0.05, 0.1) is 18.3 Å². The summed E-state index contributed by atoms with van der Waals surface area (Å²) in [6, 6.07) is 14.4. The van der Waals surface area contributed by atoms with Gasteiger partial charge in [-0.2, -0.15) is 0 Å². The van der Waals surface area contributed by atoms with Gasteiger partial charge in [-0.05, 0) is 49.6 Å². The number of halogens is 1. The van der Waals surface area contributed by atoms with Gasteiger partial charge < -0.3 is 15.0 Å². The molecule has 1 heterocycles. The van der Waals surface area contributed by atoms with Crippen LogP contribution in [0.3, 0.4) is 0 Å². The van der Waals surface area contributed by atoms with Crippen molar-refractivity contribution < 1.29 is 13.9 Å². The Kier molecular flexibility index (Phi) is 8.03. The molecule has 0 aliphatic carbocycles. The second kappa shape index (κ2) is 10.9. The van der Waals surface area contributed by atoms with Crippen LogP contribution >= 0.6 is 0 Å². The number of carbonyl (C=O) groups excluding carboxylic acids is 1. The number of aromatic nitrogens is 1. The molecule has 0 aliphatic rings. The number of rotatable bonds is 10. The summed E-state index contributed by atoms with van der Waals surface area (Å²) in [5.41, 5.74) is 2.78. The number of benzene rings is 2. The maximum Gasteiger partial charge on any atom is 0.225 e. The molecule has 3 aromatic rings. The molecule has 1 N–H and O–H groups in total. The van der Waals surface area contributed by atoms with Gasteiger partial charge in [-0.15, -0.1) is 0 Å². The van der Waals surface area contributed by atoms with E-state index in [4.69, 9.17) is 4.74 Å². The van der Waals surface area contributed by atoms with E-state index >= 15 is 0 Å². The summed E-state index contributed by atoms with van der Waals surface area (Å²) < 4.78 is 18.7. The Morgan fingerprint density at radius 1 is 1.16 bits per heavy atom. The van der Waals surface area contributed by atoms with Gasteiger partial charge in [-0.1, -0.05) is 32.0 Å². The van der Waals surface area contributed by atoms with E-state index in [1.165, 1.54) is 12.1 Å². The summed E-state index contributed by atoms with van der Waals surface area (Å²) in [6.07, 6.45) is 3.52. The minimum Gasteiger partial charge on any atom is -0.497 e. The quantitative estimate of drug-likeness (QED) is 0.445. The van der Waals surface area contributed by atoms with Gasteiger partial charge in [-0.25, -0.2) is 4.39 Å². The molecule has 5 nitrogen and oxygen atoms in total. The number of amides is 1. The molecule has 0 saturated carbocycles. The van der Waals surface area contributed by atoms with E-state index < -0.39 is 0 Å². The Hall–Kier alpha value is -3.15. The Morgan fingerprint density at radius 2 is 1.91 bits per heavy atom. The van der Waals surface area contributed by atoms with Gasteiger partial charge in [-0.3, -0.25) is 9.78 Å². The highest BCUT2D eigenvalue weighted by atomic mass is 19.1. The van der Waals surface area contributed by atoms with Crippen molar-refractivity contribution in [1.82, 2.24) is 9.88 Å². The smallest absolute Gasteiger partial charge is 0.225 e. The van der Waals surface area contributed by atoms with Crippen LogP contribution in [0, 0.1) is 11.7 Å². The van der Waals surface area contributed by atoms with E-state index in [9.17, 15) is 9.18 Å². The van der Waals surface area contributed by atoms with E-state index in [0.717, 1.165) is 40.7 Å². The number of nitrogens with zero attached hydrogens (tertiary/aromatic N) is 2. The molecular weight excluding hydrogens is 405 g/mol. The zero-order valence-electron chi connectivity index (χ0n) is 19.3. The molecule has 32 heavy (non-hydrogen) atoms. The van der Waals surface area contributed by atoms with Crippen LogP contribution < -0.4 is 10.1 Å². The van der Waals surface area contributed by atoms with Crippen LogP contribution in [-0.2, 0) is 11.3 Å². The van der Waals surface area contributed by atoms with E-state index in [-0.39, 0.29) is 23.7 Å². The van der Waals surface area contributed by atoms with Gasteiger partial charge in [0.2, 0.25) is 5.91 Å². The Morgan fingerprint density at radius 3 is 2.59 bits per heavy atom. The summed E-state index contributed by atoms with van der Waals surface area (Å²) in [4.78, 5) is 19.1. The number of methoxy groups -OCH3 is 1. The first-order valence-electron chi connectivity index (χ1n) is 11.1. The molecule has 0 saturated heterocycles. The molecule has 1 amide bonds. The average molecular weight is 438 g/mol. The van der Waals surface area contributed by atoms with Crippen molar-refractivity contribution in [3.8, 4) is 5.75 Å². The fourth-order valence-electron chi connectivity index (χ4n) is 3.76. The Bertz CT molecular complexity index is 1040. The number of pyridine rings is 1. The fourth-order valence-corrected chi connectivity index (χ4v) is 3.76. The number of nitrogens with one attached hydrogen (secondary N) is 1.